The molecule has 0 atom stereocenters. The van der Waals surface area contributed by atoms with Gasteiger partial charge in [-0.15, -0.1) is 0 Å². The summed E-state index contributed by atoms with van der Waals surface area (Å²) in [6.45, 7) is 1.99. The summed E-state index contributed by atoms with van der Waals surface area (Å²) in [6.07, 6.45) is 1.61. The number of aromatic nitrogens is 2. The summed E-state index contributed by atoms with van der Waals surface area (Å²) in [5.41, 5.74) is 7.90. The van der Waals surface area contributed by atoms with Crippen LogP contribution in [0, 0.1) is 6.92 Å². The van der Waals surface area contributed by atoms with Crippen LogP contribution in [0.2, 0.25) is 0 Å². The Hall–Kier alpha value is -4.49. The third-order valence-corrected chi connectivity index (χ3v) is 6.73. The normalized spacial score (nSPS) is 11.2. The average Bonchev–Trinajstić information content (AvgIpc) is 2.94. The van der Waals surface area contributed by atoms with E-state index in [1.807, 2.05) is 85.8 Å². The summed E-state index contributed by atoms with van der Waals surface area (Å²) in [5, 5.41) is 5.06. The number of carbonyl (C=O) groups is 1. The van der Waals surface area contributed by atoms with Crippen molar-refractivity contribution in [1.29, 1.82) is 0 Å². The first-order valence-corrected chi connectivity index (χ1v) is 12.8. The Morgan fingerprint density at radius 3 is 2.32 bits per heavy atom. The third-order valence-electron chi connectivity index (χ3n) is 5.79. The quantitative estimate of drug-likeness (QED) is 0.135. The molecule has 37 heavy (non-hydrogen) atoms. The second-order valence-electron chi connectivity index (χ2n) is 8.46. The SMILES string of the molecule is Cc1ccc(-n2c(SCC(=O)N/N=C\c3ccc(-c4ccccc4)cc3)nc3ccccc3c2=O)cc1. The minimum atomic E-state index is -0.292. The standard InChI is InChI=1S/C30H24N4O2S/c1-21-11-17-25(18-12-21)34-29(36)26-9-5-6-10-27(26)32-30(34)37-20-28(35)33-31-19-22-13-15-24(16-14-22)23-7-3-2-4-8-23/h2-19H,20H2,1H3,(H,33,35)/b31-19-. The Balaban J connectivity index is 1.29. The van der Waals surface area contributed by atoms with Gasteiger partial charge >= 0.3 is 0 Å². The second kappa shape index (κ2) is 11.1. The van der Waals surface area contributed by atoms with Crippen LogP contribution in [0.4, 0.5) is 0 Å². The van der Waals surface area contributed by atoms with E-state index in [0.29, 0.717) is 21.7 Å². The maximum absolute atomic E-state index is 13.3. The molecule has 0 bridgehead atoms. The Morgan fingerprint density at radius 1 is 0.892 bits per heavy atom. The largest absolute Gasteiger partial charge is 0.272 e. The van der Waals surface area contributed by atoms with Crippen molar-refractivity contribution in [3.05, 3.63) is 125 Å². The van der Waals surface area contributed by atoms with E-state index < -0.39 is 0 Å². The Kier molecular flexibility index (Phi) is 7.23. The fraction of sp³-hybridized carbons (Fsp3) is 0.0667. The lowest BCUT2D eigenvalue weighted by Crippen LogP contribution is -2.24. The van der Waals surface area contributed by atoms with Gasteiger partial charge in [0.1, 0.15) is 0 Å². The molecule has 7 heteroatoms. The van der Waals surface area contributed by atoms with E-state index in [4.69, 9.17) is 0 Å². The lowest BCUT2D eigenvalue weighted by molar-refractivity contribution is -0.118. The monoisotopic (exact) mass is 504 g/mol. The highest BCUT2D eigenvalue weighted by molar-refractivity contribution is 7.99. The molecule has 1 heterocycles. The van der Waals surface area contributed by atoms with Crippen molar-refractivity contribution in [2.24, 2.45) is 5.10 Å². The number of nitrogens with one attached hydrogen (secondary N) is 1. The number of hydrazone groups is 1. The van der Waals surface area contributed by atoms with Gasteiger partial charge in [0, 0.05) is 0 Å². The highest BCUT2D eigenvalue weighted by Gasteiger charge is 2.14. The van der Waals surface area contributed by atoms with E-state index in [1.54, 1.807) is 22.9 Å². The average molecular weight is 505 g/mol. The van der Waals surface area contributed by atoms with Crippen LogP contribution in [0.1, 0.15) is 11.1 Å². The summed E-state index contributed by atoms with van der Waals surface area (Å²) in [5.74, 6) is -0.235. The number of carbonyl (C=O) groups excluding carboxylic acids is 1. The number of amides is 1. The van der Waals surface area contributed by atoms with Crippen molar-refractivity contribution in [1.82, 2.24) is 15.0 Å². The van der Waals surface area contributed by atoms with Crippen molar-refractivity contribution in [2.75, 3.05) is 5.75 Å². The van der Waals surface area contributed by atoms with Crippen molar-refractivity contribution >= 4 is 34.8 Å². The van der Waals surface area contributed by atoms with Gasteiger partial charge in [0.05, 0.1) is 28.6 Å². The van der Waals surface area contributed by atoms with Crippen molar-refractivity contribution in [3.63, 3.8) is 0 Å². The topological polar surface area (TPSA) is 76.3 Å². The van der Waals surface area contributed by atoms with Gasteiger partial charge in [-0.2, -0.15) is 5.10 Å². The molecule has 0 radical (unpaired) electrons. The van der Waals surface area contributed by atoms with Crippen LogP contribution >= 0.6 is 11.8 Å². The highest BCUT2D eigenvalue weighted by Crippen LogP contribution is 2.22. The molecule has 1 N–H and O–H groups in total. The van der Waals surface area contributed by atoms with Crippen LogP contribution in [0.25, 0.3) is 27.7 Å². The van der Waals surface area contributed by atoms with E-state index in [-0.39, 0.29) is 17.2 Å². The van der Waals surface area contributed by atoms with Crippen LogP contribution in [-0.2, 0) is 4.79 Å². The molecule has 1 aromatic heterocycles. The number of para-hydroxylation sites is 1. The predicted octanol–water partition coefficient (Wildman–Crippen LogP) is 5.60. The molecule has 0 fully saturated rings. The number of fused-ring (bicyclic) bond motifs is 1. The fourth-order valence-electron chi connectivity index (χ4n) is 3.86. The van der Waals surface area contributed by atoms with Gasteiger partial charge < -0.3 is 0 Å². The first kappa shape index (κ1) is 24.2. The lowest BCUT2D eigenvalue weighted by atomic mass is 10.0. The zero-order valence-corrected chi connectivity index (χ0v) is 21.0. The first-order chi connectivity index (χ1) is 18.1. The number of rotatable bonds is 7. The van der Waals surface area contributed by atoms with Gasteiger partial charge in [0.15, 0.2) is 5.16 Å². The van der Waals surface area contributed by atoms with Crippen LogP contribution in [-0.4, -0.2) is 27.4 Å². The fourth-order valence-corrected chi connectivity index (χ4v) is 4.67. The Labute approximate surface area is 218 Å². The number of nitrogens with zero attached hydrogens (tertiary/aromatic N) is 3. The van der Waals surface area contributed by atoms with Gasteiger partial charge in [0.25, 0.3) is 11.5 Å². The predicted molar refractivity (Wildman–Crippen MR) is 150 cm³/mol. The van der Waals surface area contributed by atoms with E-state index in [1.165, 1.54) is 11.8 Å². The molecule has 182 valence electrons. The van der Waals surface area contributed by atoms with Gasteiger partial charge in [0.2, 0.25) is 0 Å². The van der Waals surface area contributed by atoms with Gasteiger partial charge in [-0.25, -0.2) is 10.4 Å². The maximum Gasteiger partial charge on any atom is 0.266 e. The Bertz CT molecular complexity index is 1630. The van der Waals surface area contributed by atoms with Gasteiger partial charge in [-0.05, 0) is 47.9 Å². The zero-order chi connectivity index (χ0) is 25.6. The minimum Gasteiger partial charge on any atom is -0.272 e. The van der Waals surface area contributed by atoms with Crippen molar-refractivity contribution in [3.8, 4) is 16.8 Å². The molecule has 5 aromatic rings. The zero-order valence-electron chi connectivity index (χ0n) is 20.2. The lowest BCUT2D eigenvalue weighted by Gasteiger charge is -2.13. The van der Waals surface area contributed by atoms with Crippen molar-refractivity contribution in [2.45, 2.75) is 12.1 Å². The van der Waals surface area contributed by atoms with Crippen LogP contribution in [0.3, 0.4) is 0 Å². The highest BCUT2D eigenvalue weighted by atomic mass is 32.2. The van der Waals surface area contributed by atoms with Crippen molar-refractivity contribution < 1.29 is 4.79 Å². The summed E-state index contributed by atoms with van der Waals surface area (Å²) < 4.78 is 1.55. The third kappa shape index (κ3) is 5.68. The van der Waals surface area contributed by atoms with E-state index >= 15 is 0 Å². The Morgan fingerprint density at radius 2 is 1.57 bits per heavy atom. The van der Waals surface area contributed by atoms with E-state index in [9.17, 15) is 9.59 Å². The molecular formula is C30H24N4O2S. The molecular weight excluding hydrogens is 480 g/mol. The molecule has 0 saturated carbocycles. The number of aryl methyl sites for hydroxylation is 1. The maximum atomic E-state index is 13.3. The summed E-state index contributed by atoms with van der Waals surface area (Å²) >= 11 is 1.19. The van der Waals surface area contributed by atoms with Gasteiger partial charge in [-0.3, -0.25) is 14.2 Å². The van der Waals surface area contributed by atoms with Gasteiger partial charge in [-0.1, -0.05) is 96.2 Å². The van der Waals surface area contributed by atoms with E-state index in [2.05, 4.69) is 27.6 Å². The van der Waals surface area contributed by atoms with Crippen LogP contribution in [0.15, 0.2) is 118 Å². The molecule has 6 nitrogen and oxygen atoms in total. The summed E-state index contributed by atoms with van der Waals surface area (Å²) in [4.78, 5) is 30.5. The number of thioether (sulfide) groups is 1. The minimum absolute atomic E-state index is 0.0565. The number of hydrogen-bond acceptors (Lipinski definition) is 5. The summed E-state index contributed by atoms with van der Waals surface area (Å²) in [6, 6.07) is 32.9. The van der Waals surface area contributed by atoms with E-state index in [0.717, 1.165) is 22.3 Å². The molecule has 1 amide bonds. The number of hydrogen-bond donors (Lipinski definition) is 1. The molecule has 4 aromatic carbocycles. The molecule has 0 spiro atoms. The van der Waals surface area contributed by atoms with Crippen LogP contribution < -0.4 is 11.0 Å². The number of benzene rings is 4. The first-order valence-electron chi connectivity index (χ1n) is 11.8. The second-order valence-corrected chi connectivity index (χ2v) is 9.40. The van der Waals surface area contributed by atoms with Crippen LogP contribution in [0.5, 0.6) is 0 Å². The molecule has 0 aliphatic carbocycles. The smallest absolute Gasteiger partial charge is 0.266 e. The molecule has 0 aliphatic heterocycles. The molecule has 0 unspecified atom stereocenters. The molecule has 0 aliphatic rings. The molecule has 5 rings (SSSR count). The summed E-state index contributed by atoms with van der Waals surface area (Å²) in [7, 11) is 0. The molecule has 0 saturated heterocycles.